The minimum atomic E-state index is -1.65. The van der Waals surface area contributed by atoms with E-state index in [0.717, 1.165) is 19.3 Å². The van der Waals surface area contributed by atoms with E-state index in [1.165, 1.54) is 11.1 Å². The zero-order valence-corrected chi connectivity index (χ0v) is 13.3. The number of aryl methyl sites for hydroxylation is 1. The third-order valence-electron chi connectivity index (χ3n) is 4.00. The van der Waals surface area contributed by atoms with Crippen LogP contribution in [0.25, 0.3) is 0 Å². The Labute approximate surface area is 118 Å². The molecule has 1 aliphatic rings. The summed E-state index contributed by atoms with van der Waals surface area (Å²) in [5.74, 6) is 0. The summed E-state index contributed by atoms with van der Waals surface area (Å²) in [5, 5.41) is 1.54. The lowest BCUT2D eigenvalue weighted by Gasteiger charge is -2.19. The van der Waals surface area contributed by atoms with Crippen LogP contribution in [0.15, 0.2) is 53.8 Å². The Balaban J connectivity index is 2.00. The van der Waals surface area contributed by atoms with E-state index >= 15 is 0 Å². The Morgan fingerprint density at radius 3 is 2.68 bits per heavy atom. The van der Waals surface area contributed by atoms with Gasteiger partial charge in [-0.2, -0.15) is 0 Å². The van der Waals surface area contributed by atoms with Crippen molar-refractivity contribution in [2.75, 3.05) is 0 Å². The average Bonchev–Trinajstić information content (AvgIpc) is 2.72. The molecule has 1 aromatic carbocycles. The van der Waals surface area contributed by atoms with Gasteiger partial charge in [-0.05, 0) is 50.0 Å². The van der Waals surface area contributed by atoms with Gasteiger partial charge in [-0.3, -0.25) is 0 Å². The highest BCUT2D eigenvalue weighted by Gasteiger charge is 2.39. The zero-order chi connectivity index (χ0) is 13.9. The van der Waals surface area contributed by atoms with Crippen LogP contribution in [0.5, 0.6) is 0 Å². The molecule has 1 nitrogen and oxygen atoms in total. The van der Waals surface area contributed by atoms with Gasteiger partial charge in [0.15, 0.2) is 0 Å². The first-order valence-corrected chi connectivity index (χ1v) is 9.98. The average molecular weight is 272 g/mol. The van der Waals surface area contributed by atoms with Gasteiger partial charge in [0.2, 0.25) is 8.32 Å². The lowest BCUT2D eigenvalue weighted by Crippen LogP contribution is -2.29. The molecule has 1 aromatic rings. The van der Waals surface area contributed by atoms with Gasteiger partial charge < -0.3 is 4.43 Å². The molecule has 0 radical (unpaired) electrons. The molecule has 19 heavy (non-hydrogen) atoms. The lowest BCUT2D eigenvalue weighted by molar-refractivity contribution is 0.213. The Morgan fingerprint density at radius 1 is 1.37 bits per heavy atom. The minimum absolute atomic E-state index is 0.395. The molecule has 1 unspecified atom stereocenters. The fraction of sp³-hybridized carbons (Fsp3) is 0.412. The molecule has 0 N–H and O–H groups in total. The molecule has 1 saturated heterocycles. The summed E-state index contributed by atoms with van der Waals surface area (Å²) < 4.78 is 6.34. The van der Waals surface area contributed by atoms with Crippen molar-refractivity contribution in [3.05, 3.63) is 59.3 Å². The Kier molecular flexibility index (Phi) is 4.43. The lowest BCUT2D eigenvalue weighted by atomic mass is 10.0. The highest BCUT2D eigenvalue weighted by Crippen LogP contribution is 2.36. The predicted octanol–water partition coefficient (Wildman–Crippen LogP) is 4.65. The normalized spacial score (nSPS) is 24.3. The number of hydrogen-bond acceptors (Lipinski definition) is 1. The SMILES string of the molecule is C=C/C(C)=C1\CC(CCc2ccccc2)O[Si]1(C)C. The topological polar surface area (TPSA) is 9.23 Å². The van der Waals surface area contributed by atoms with Gasteiger partial charge >= 0.3 is 0 Å². The summed E-state index contributed by atoms with van der Waals surface area (Å²) in [7, 11) is -1.65. The third-order valence-corrected chi connectivity index (χ3v) is 6.97. The van der Waals surface area contributed by atoms with Crippen LogP contribution in [0.2, 0.25) is 13.1 Å². The van der Waals surface area contributed by atoms with E-state index in [1.54, 1.807) is 5.20 Å². The van der Waals surface area contributed by atoms with Crippen LogP contribution in [0.4, 0.5) is 0 Å². The van der Waals surface area contributed by atoms with Crippen molar-refractivity contribution in [1.82, 2.24) is 0 Å². The second kappa shape index (κ2) is 5.89. The largest absolute Gasteiger partial charge is 0.410 e. The van der Waals surface area contributed by atoms with Crippen molar-refractivity contribution in [3.63, 3.8) is 0 Å². The standard InChI is InChI=1S/C17H24OSi/c1-5-14(2)17-13-16(18-19(17,3)4)12-11-15-9-7-6-8-10-15/h5-10,16H,1,11-13H2,2-4H3/b17-14+. The maximum atomic E-state index is 6.34. The smallest absolute Gasteiger partial charge is 0.214 e. The molecule has 0 spiro atoms. The first kappa shape index (κ1) is 14.3. The molecule has 0 aromatic heterocycles. The van der Waals surface area contributed by atoms with Crippen LogP contribution in [0.3, 0.4) is 0 Å². The van der Waals surface area contributed by atoms with E-state index in [0.29, 0.717) is 6.10 Å². The maximum Gasteiger partial charge on any atom is 0.214 e. The second-order valence-corrected chi connectivity index (χ2v) is 9.70. The molecule has 0 aliphatic carbocycles. The van der Waals surface area contributed by atoms with E-state index in [2.05, 4.69) is 56.9 Å². The molecule has 1 aliphatic heterocycles. The molecule has 1 atom stereocenters. The summed E-state index contributed by atoms with van der Waals surface area (Å²) in [6.45, 7) is 10.7. The monoisotopic (exact) mass is 272 g/mol. The van der Waals surface area contributed by atoms with Crippen molar-refractivity contribution >= 4 is 8.32 Å². The van der Waals surface area contributed by atoms with Gasteiger partial charge in [0.05, 0.1) is 0 Å². The van der Waals surface area contributed by atoms with E-state index in [4.69, 9.17) is 4.43 Å². The van der Waals surface area contributed by atoms with E-state index < -0.39 is 8.32 Å². The minimum Gasteiger partial charge on any atom is -0.410 e. The van der Waals surface area contributed by atoms with Crippen LogP contribution in [0, 0.1) is 0 Å². The molecular weight excluding hydrogens is 248 g/mol. The fourth-order valence-electron chi connectivity index (χ4n) is 2.90. The van der Waals surface area contributed by atoms with Crippen LogP contribution in [-0.2, 0) is 10.8 Å². The number of benzene rings is 1. The third kappa shape index (κ3) is 3.46. The molecule has 0 saturated carbocycles. The molecule has 0 bridgehead atoms. The van der Waals surface area contributed by atoms with Crippen LogP contribution in [-0.4, -0.2) is 14.4 Å². The van der Waals surface area contributed by atoms with E-state index in [1.807, 2.05) is 6.08 Å². The van der Waals surface area contributed by atoms with E-state index in [9.17, 15) is 0 Å². The van der Waals surface area contributed by atoms with Crippen LogP contribution >= 0.6 is 0 Å². The molecule has 2 rings (SSSR count). The quantitative estimate of drug-likeness (QED) is 0.725. The number of hydrogen-bond donors (Lipinski definition) is 0. The summed E-state index contributed by atoms with van der Waals surface area (Å²) >= 11 is 0. The Morgan fingerprint density at radius 2 is 2.05 bits per heavy atom. The van der Waals surface area contributed by atoms with Crippen molar-refractivity contribution in [1.29, 1.82) is 0 Å². The zero-order valence-electron chi connectivity index (χ0n) is 12.3. The summed E-state index contributed by atoms with van der Waals surface area (Å²) in [6, 6.07) is 10.7. The highest BCUT2D eigenvalue weighted by molar-refractivity contribution is 6.79. The molecule has 1 fully saturated rings. The van der Waals surface area contributed by atoms with Crippen molar-refractivity contribution in [3.8, 4) is 0 Å². The molecule has 2 heteroatoms. The van der Waals surface area contributed by atoms with Gasteiger partial charge in [0, 0.05) is 6.10 Å². The second-order valence-electron chi connectivity index (χ2n) is 5.84. The van der Waals surface area contributed by atoms with Crippen molar-refractivity contribution in [2.24, 2.45) is 0 Å². The number of rotatable bonds is 4. The predicted molar refractivity (Wildman–Crippen MR) is 84.6 cm³/mol. The Hall–Kier alpha value is -1.12. The molecule has 0 amide bonds. The molecular formula is C17H24OSi. The Bertz CT molecular complexity index is 473. The van der Waals surface area contributed by atoms with Gasteiger partial charge in [-0.1, -0.05) is 48.6 Å². The summed E-state index contributed by atoms with van der Waals surface area (Å²) in [5.41, 5.74) is 2.74. The van der Waals surface area contributed by atoms with Crippen LogP contribution < -0.4 is 0 Å². The molecule has 1 heterocycles. The van der Waals surface area contributed by atoms with Crippen LogP contribution in [0.1, 0.15) is 25.3 Å². The maximum absolute atomic E-state index is 6.34. The number of allylic oxidation sites excluding steroid dienone is 2. The van der Waals surface area contributed by atoms with Gasteiger partial charge in [-0.15, -0.1) is 0 Å². The van der Waals surface area contributed by atoms with Crippen molar-refractivity contribution in [2.45, 2.75) is 45.4 Å². The fourth-order valence-corrected chi connectivity index (χ4v) is 5.84. The van der Waals surface area contributed by atoms with Gasteiger partial charge in [0.1, 0.15) is 0 Å². The van der Waals surface area contributed by atoms with Crippen molar-refractivity contribution < 1.29 is 4.43 Å². The van der Waals surface area contributed by atoms with Gasteiger partial charge in [0.25, 0.3) is 0 Å². The van der Waals surface area contributed by atoms with E-state index in [-0.39, 0.29) is 0 Å². The highest BCUT2D eigenvalue weighted by atomic mass is 28.4. The first-order chi connectivity index (χ1) is 9.03. The summed E-state index contributed by atoms with van der Waals surface area (Å²) in [6.07, 6.45) is 5.70. The summed E-state index contributed by atoms with van der Waals surface area (Å²) in [4.78, 5) is 0. The first-order valence-electron chi connectivity index (χ1n) is 7.07. The molecule has 102 valence electrons. The van der Waals surface area contributed by atoms with Gasteiger partial charge in [-0.25, -0.2) is 0 Å².